The third kappa shape index (κ3) is 4.59. The highest BCUT2D eigenvalue weighted by Gasteiger charge is 2.21. The summed E-state index contributed by atoms with van der Waals surface area (Å²) in [6, 6.07) is 8.00. The molecule has 0 saturated carbocycles. The highest BCUT2D eigenvalue weighted by Crippen LogP contribution is 2.27. The molecule has 2 aromatic heterocycles. The molecule has 1 aliphatic carbocycles. The van der Waals surface area contributed by atoms with Crippen molar-refractivity contribution in [3.63, 3.8) is 0 Å². The van der Waals surface area contributed by atoms with E-state index >= 15 is 0 Å². The number of aromatic amines is 1. The first kappa shape index (κ1) is 21.5. The van der Waals surface area contributed by atoms with Crippen LogP contribution >= 0.6 is 0 Å². The minimum absolute atomic E-state index is 0.262. The van der Waals surface area contributed by atoms with E-state index in [4.69, 9.17) is 0 Å². The smallest absolute Gasteiger partial charge is 0.276 e. The molecule has 1 atom stereocenters. The molecule has 33 heavy (non-hydrogen) atoms. The van der Waals surface area contributed by atoms with Crippen LogP contribution in [0.5, 0.6) is 0 Å². The number of hydrogen-bond acceptors (Lipinski definition) is 4. The molecule has 170 valence electrons. The summed E-state index contributed by atoms with van der Waals surface area (Å²) in [4.78, 5) is 19.8. The third-order valence-electron chi connectivity index (χ3n) is 6.51. The van der Waals surface area contributed by atoms with Crippen molar-refractivity contribution in [2.45, 2.75) is 45.3 Å². The molecule has 0 radical (unpaired) electrons. The van der Waals surface area contributed by atoms with Crippen LogP contribution in [-0.2, 0) is 6.54 Å². The predicted molar refractivity (Wildman–Crippen MR) is 127 cm³/mol. The van der Waals surface area contributed by atoms with Crippen molar-refractivity contribution in [3.8, 4) is 11.1 Å². The third-order valence-corrected chi connectivity index (χ3v) is 6.51. The molecule has 1 amide bonds. The minimum Gasteiger partial charge on any atom is -0.322 e. The number of benzene rings is 1. The number of hydrogen-bond donors (Lipinski definition) is 2. The van der Waals surface area contributed by atoms with Crippen molar-refractivity contribution in [3.05, 3.63) is 71.3 Å². The first-order valence-electron chi connectivity index (χ1n) is 11.6. The molecular formula is C26H28FN5O. The Morgan fingerprint density at radius 1 is 1.21 bits per heavy atom. The minimum atomic E-state index is -1.22. The zero-order valence-corrected chi connectivity index (χ0v) is 18.8. The second-order valence-corrected chi connectivity index (χ2v) is 8.78. The van der Waals surface area contributed by atoms with Crippen LogP contribution < -0.4 is 5.32 Å². The summed E-state index contributed by atoms with van der Waals surface area (Å²) in [5, 5.41) is 10.6. The van der Waals surface area contributed by atoms with Crippen molar-refractivity contribution in [2.75, 3.05) is 13.1 Å². The Morgan fingerprint density at radius 2 is 2.09 bits per heavy atom. The monoisotopic (exact) mass is 445 g/mol. The molecule has 6 nitrogen and oxygen atoms in total. The van der Waals surface area contributed by atoms with Gasteiger partial charge in [-0.3, -0.25) is 19.8 Å². The number of amides is 1. The van der Waals surface area contributed by atoms with Gasteiger partial charge in [-0.15, -0.1) is 0 Å². The molecule has 3 aromatic rings. The van der Waals surface area contributed by atoms with Gasteiger partial charge in [0.2, 0.25) is 0 Å². The number of rotatable bonds is 6. The predicted octanol–water partition coefficient (Wildman–Crippen LogP) is 4.91. The molecule has 5 rings (SSSR count). The fraction of sp³-hybridized carbons (Fsp3) is 0.346. The molecule has 3 heterocycles. The summed E-state index contributed by atoms with van der Waals surface area (Å²) in [5.41, 5.74) is 5.65. The lowest BCUT2D eigenvalue weighted by Crippen LogP contribution is -2.36. The Kier molecular flexibility index (Phi) is 6.05. The van der Waals surface area contributed by atoms with Gasteiger partial charge in [-0.1, -0.05) is 30.7 Å². The van der Waals surface area contributed by atoms with Crippen LogP contribution in [0.2, 0.25) is 0 Å². The van der Waals surface area contributed by atoms with Crippen molar-refractivity contribution in [1.82, 2.24) is 25.4 Å². The van der Waals surface area contributed by atoms with Gasteiger partial charge in [0.25, 0.3) is 5.91 Å². The summed E-state index contributed by atoms with van der Waals surface area (Å²) < 4.78 is 14.6. The van der Waals surface area contributed by atoms with E-state index in [1.165, 1.54) is 17.6 Å². The second kappa shape index (κ2) is 9.27. The average Bonchev–Trinajstić information content (AvgIpc) is 3.15. The zero-order chi connectivity index (χ0) is 22.8. The number of pyridine rings is 1. The lowest BCUT2D eigenvalue weighted by atomic mass is 10.0. The van der Waals surface area contributed by atoms with Gasteiger partial charge in [0, 0.05) is 42.0 Å². The SMILES string of the molecule is CCC1=CCC(F)C(NC(=O)c2n[nH]c3ccc(-c4cncc(CN5CCC5)c4)cc23)=CC1. The number of aromatic nitrogens is 3. The zero-order valence-electron chi connectivity index (χ0n) is 18.8. The normalized spacial score (nSPS) is 18.9. The van der Waals surface area contributed by atoms with Crippen LogP contribution in [0.15, 0.2) is 60.1 Å². The number of allylic oxidation sites excluding steroid dienone is 4. The van der Waals surface area contributed by atoms with Gasteiger partial charge in [0.15, 0.2) is 5.69 Å². The molecule has 0 bridgehead atoms. The van der Waals surface area contributed by atoms with Crippen molar-refractivity contribution < 1.29 is 9.18 Å². The number of halogens is 1. The van der Waals surface area contributed by atoms with Crippen molar-refractivity contribution in [1.29, 1.82) is 0 Å². The number of nitrogens with zero attached hydrogens (tertiary/aromatic N) is 3. The number of carbonyl (C=O) groups excluding carboxylic acids is 1. The summed E-state index contributed by atoms with van der Waals surface area (Å²) in [7, 11) is 0. The van der Waals surface area contributed by atoms with Crippen molar-refractivity contribution in [2.24, 2.45) is 0 Å². The molecule has 1 unspecified atom stereocenters. The first-order valence-corrected chi connectivity index (χ1v) is 11.6. The fourth-order valence-corrected chi connectivity index (χ4v) is 4.35. The highest BCUT2D eigenvalue weighted by atomic mass is 19.1. The van der Waals surface area contributed by atoms with Crippen LogP contribution in [0.3, 0.4) is 0 Å². The van der Waals surface area contributed by atoms with E-state index in [1.807, 2.05) is 36.7 Å². The van der Waals surface area contributed by atoms with E-state index in [1.54, 1.807) is 6.08 Å². The molecular weight excluding hydrogens is 417 g/mol. The highest BCUT2D eigenvalue weighted by molar-refractivity contribution is 6.06. The maximum absolute atomic E-state index is 14.6. The number of alkyl halides is 1. The summed E-state index contributed by atoms with van der Waals surface area (Å²) in [5.74, 6) is -0.406. The number of nitrogens with one attached hydrogen (secondary N) is 2. The van der Waals surface area contributed by atoms with Crippen LogP contribution in [0, 0.1) is 0 Å². The van der Waals surface area contributed by atoms with Gasteiger partial charge in [-0.25, -0.2) is 4.39 Å². The van der Waals surface area contributed by atoms with E-state index in [0.717, 1.165) is 42.7 Å². The number of likely N-dealkylation sites (tertiary alicyclic amines) is 1. The van der Waals surface area contributed by atoms with Gasteiger partial charge >= 0.3 is 0 Å². The lowest BCUT2D eigenvalue weighted by molar-refractivity contribution is 0.0955. The quantitative estimate of drug-likeness (QED) is 0.529. The maximum atomic E-state index is 14.6. The molecule has 1 aliphatic heterocycles. The van der Waals surface area contributed by atoms with Gasteiger partial charge < -0.3 is 5.32 Å². The Morgan fingerprint density at radius 3 is 2.88 bits per heavy atom. The van der Waals surface area contributed by atoms with Crippen molar-refractivity contribution >= 4 is 16.8 Å². The second-order valence-electron chi connectivity index (χ2n) is 8.78. The van der Waals surface area contributed by atoms with Crippen LogP contribution in [0.25, 0.3) is 22.0 Å². The lowest BCUT2D eigenvalue weighted by Gasteiger charge is -2.30. The summed E-state index contributed by atoms with van der Waals surface area (Å²) in [6.07, 6.45) is 9.30. The molecule has 2 aliphatic rings. The largest absolute Gasteiger partial charge is 0.322 e. The van der Waals surface area contributed by atoms with E-state index in [9.17, 15) is 9.18 Å². The Bertz CT molecular complexity index is 1240. The molecule has 2 N–H and O–H groups in total. The molecule has 1 fully saturated rings. The molecule has 1 aromatic carbocycles. The van der Waals surface area contributed by atoms with Gasteiger partial charge in [-0.2, -0.15) is 5.10 Å². The van der Waals surface area contributed by atoms with E-state index < -0.39 is 12.1 Å². The first-order chi connectivity index (χ1) is 16.1. The standard InChI is InChI=1S/C26H28FN5O/c1-2-17-4-7-22(27)24(8-5-17)29-26(33)25-21-13-19(6-9-23(21)30-31-25)20-12-18(14-28-15-20)16-32-10-3-11-32/h4,6,8-9,12-15,22H,2-3,5,7,10-11,16H2,1H3,(H,29,33)(H,30,31). The van der Waals surface area contributed by atoms with E-state index in [-0.39, 0.29) is 12.1 Å². The Hall–Kier alpha value is -3.32. The van der Waals surface area contributed by atoms with Gasteiger partial charge in [0.05, 0.1) is 5.52 Å². The summed E-state index contributed by atoms with van der Waals surface area (Å²) >= 11 is 0. The van der Waals surface area contributed by atoms with Gasteiger partial charge in [-0.05, 0) is 61.7 Å². The van der Waals surface area contributed by atoms with Crippen LogP contribution in [-0.4, -0.2) is 45.2 Å². The maximum Gasteiger partial charge on any atom is 0.276 e. The van der Waals surface area contributed by atoms with E-state index in [0.29, 0.717) is 17.5 Å². The summed E-state index contributed by atoms with van der Waals surface area (Å²) in [6.45, 7) is 5.22. The molecule has 1 saturated heterocycles. The van der Waals surface area contributed by atoms with Crippen LogP contribution in [0.4, 0.5) is 4.39 Å². The average molecular weight is 446 g/mol. The van der Waals surface area contributed by atoms with Gasteiger partial charge in [0.1, 0.15) is 6.17 Å². The van der Waals surface area contributed by atoms with E-state index in [2.05, 4.69) is 38.4 Å². The molecule has 0 spiro atoms. The topological polar surface area (TPSA) is 73.9 Å². The van der Waals surface area contributed by atoms with Crippen LogP contribution in [0.1, 0.15) is 48.7 Å². The molecule has 7 heteroatoms. The Balaban J connectivity index is 1.39. The fourth-order valence-electron chi connectivity index (χ4n) is 4.35. The number of H-pyrrole nitrogens is 1. The number of carbonyl (C=O) groups is 1. The number of fused-ring (bicyclic) bond motifs is 1. The Labute approximate surface area is 192 Å².